The Kier molecular flexibility index (Phi) is 6.68. The monoisotopic (exact) mass is 357 g/mol. The first kappa shape index (κ1) is 19.4. The summed E-state index contributed by atoms with van der Waals surface area (Å²) in [6, 6.07) is 12.4. The highest BCUT2D eigenvalue weighted by Crippen LogP contribution is 2.25. The number of benzene rings is 2. The summed E-state index contributed by atoms with van der Waals surface area (Å²) in [5, 5.41) is 13.7. The molecule has 26 heavy (non-hydrogen) atoms. The Balaban J connectivity index is 1.93. The third-order valence-corrected chi connectivity index (χ3v) is 3.88. The molecule has 138 valence electrons. The van der Waals surface area contributed by atoms with E-state index in [9.17, 15) is 14.9 Å². The largest absolute Gasteiger partial charge is 0.494 e. The molecule has 0 aliphatic rings. The molecule has 1 N–H and O–H groups in total. The first-order valence-electron chi connectivity index (χ1n) is 8.34. The zero-order chi connectivity index (χ0) is 19.1. The van der Waals surface area contributed by atoms with Gasteiger partial charge in [0.15, 0.2) is 0 Å². The third-order valence-electron chi connectivity index (χ3n) is 3.88. The van der Waals surface area contributed by atoms with Crippen molar-refractivity contribution in [2.24, 2.45) is 0 Å². The molecule has 2 aromatic carbocycles. The lowest BCUT2D eigenvalue weighted by atomic mass is 10.1. The Hall–Kier alpha value is -2.93. The Labute approximate surface area is 152 Å². The predicted octanol–water partition coefficient (Wildman–Crippen LogP) is 3.37. The van der Waals surface area contributed by atoms with Crippen molar-refractivity contribution in [1.29, 1.82) is 0 Å². The number of nitro benzene ring substituents is 1. The van der Waals surface area contributed by atoms with Crippen molar-refractivity contribution >= 4 is 17.3 Å². The van der Waals surface area contributed by atoms with E-state index in [4.69, 9.17) is 4.74 Å². The first-order chi connectivity index (χ1) is 12.4. The summed E-state index contributed by atoms with van der Waals surface area (Å²) in [4.78, 5) is 24.6. The second-order valence-corrected chi connectivity index (χ2v) is 6.00. The number of nitrogens with zero attached hydrogens (tertiary/aromatic N) is 2. The van der Waals surface area contributed by atoms with Crippen LogP contribution in [0.1, 0.15) is 18.1 Å². The fourth-order valence-corrected chi connectivity index (χ4v) is 2.62. The molecule has 0 fully saturated rings. The van der Waals surface area contributed by atoms with Gasteiger partial charge < -0.3 is 10.1 Å². The van der Waals surface area contributed by atoms with Crippen LogP contribution in [-0.2, 0) is 11.3 Å². The van der Waals surface area contributed by atoms with E-state index < -0.39 is 4.92 Å². The van der Waals surface area contributed by atoms with E-state index in [2.05, 4.69) is 5.32 Å². The van der Waals surface area contributed by atoms with Crippen LogP contribution in [0.15, 0.2) is 42.5 Å². The van der Waals surface area contributed by atoms with Gasteiger partial charge in [0.1, 0.15) is 5.75 Å². The average molecular weight is 357 g/mol. The molecule has 1 amide bonds. The van der Waals surface area contributed by atoms with Gasteiger partial charge >= 0.3 is 0 Å². The Bertz CT molecular complexity index is 775. The number of carbonyl (C=O) groups is 1. The van der Waals surface area contributed by atoms with E-state index in [1.807, 2.05) is 43.1 Å². The summed E-state index contributed by atoms with van der Waals surface area (Å²) >= 11 is 0. The van der Waals surface area contributed by atoms with Crippen molar-refractivity contribution in [2.75, 3.05) is 25.5 Å². The Morgan fingerprint density at radius 1 is 1.23 bits per heavy atom. The molecule has 0 aliphatic heterocycles. The zero-order valence-corrected chi connectivity index (χ0v) is 15.2. The topological polar surface area (TPSA) is 84.7 Å². The standard InChI is InChI=1S/C19H23N3O4/c1-4-26-16-10-8-15(9-11-16)12-21(3)13-19(23)20-17-6-5-7-18(14(17)2)22(24)25/h5-11H,4,12-13H2,1-3H3,(H,20,23). The summed E-state index contributed by atoms with van der Waals surface area (Å²) < 4.78 is 5.41. The summed E-state index contributed by atoms with van der Waals surface area (Å²) in [5.41, 5.74) is 1.96. The van der Waals surface area contributed by atoms with Crippen LogP contribution in [-0.4, -0.2) is 35.9 Å². The molecule has 2 aromatic rings. The molecule has 0 atom stereocenters. The lowest BCUT2D eigenvalue weighted by Crippen LogP contribution is -2.30. The number of hydrogen-bond acceptors (Lipinski definition) is 5. The SMILES string of the molecule is CCOc1ccc(CN(C)CC(=O)Nc2cccc([N+](=O)[O-])c2C)cc1. The second-order valence-electron chi connectivity index (χ2n) is 6.00. The molecular formula is C19H23N3O4. The van der Waals surface area contributed by atoms with E-state index in [1.165, 1.54) is 6.07 Å². The number of rotatable bonds is 8. The normalized spacial score (nSPS) is 10.6. The number of ether oxygens (including phenoxy) is 1. The average Bonchev–Trinajstić information content (AvgIpc) is 2.58. The summed E-state index contributed by atoms with van der Waals surface area (Å²) in [6.45, 7) is 4.96. The van der Waals surface area contributed by atoms with Gasteiger partial charge in [-0.3, -0.25) is 19.8 Å². The molecule has 0 heterocycles. The van der Waals surface area contributed by atoms with Gasteiger partial charge in [0.25, 0.3) is 5.69 Å². The maximum absolute atomic E-state index is 12.2. The van der Waals surface area contributed by atoms with Gasteiger partial charge in [0, 0.05) is 12.6 Å². The van der Waals surface area contributed by atoms with Gasteiger partial charge in [0.05, 0.1) is 29.3 Å². The number of nitrogens with one attached hydrogen (secondary N) is 1. The number of carbonyl (C=O) groups excluding carboxylic acids is 1. The predicted molar refractivity (Wildman–Crippen MR) is 100 cm³/mol. The van der Waals surface area contributed by atoms with E-state index >= 15 is 0 Å². The fourth-order valence-electron chi connectivity index (χ4n) is 2.62. The number of amides is 1. The molecule has 7 heteroatoms. The second kappa shape index (κ2) is 8.96. The van der Waals surface area contributed by atoms with E-state index in [1.54, 1.807) is 19.1 Å². The quantitative estimate of drug-likeness (QED) is 0.578. The molecule has 0 unspecified atom stereocenters. The van der Waals surface area contributed by atoms with Crippen LogP contribution in [0, 0.1) is 17.0 Å². The van der Waals surface area contributed by atoms with Crippen LogP contribution >= 0.6 is 0 Å². The van der Waals surface area contributed by atoms with Crippen molar-refractivity contribution in [3.8, 4) is 5.75 Å². The molecule has 0 spiro atoms. The van der Waals surface area contributed by atoms with Gasteiger partial charge in [-0.05, 0) is 44.7 Å². The molecule has 0 saturated heterocycles. The van der Waals surface area contributed by atoms with Gasteiger partial charge in [-0.1, -0.05) is 18.2 Å². The van der Waals surface area contributed by atoms with Crippen LogP contribution in [0.2, 0.25) is 0 Å². The molecule has 7 nitrogen and oxygen atoms in total. The van der Waals surface area contributed by atoms with Crippen LogP contribution in [0.5, 0.6) is 5.75 Å². The lowest BCUT2D eigenvalue weighted by molar-refractivity contribution is -0.385. The zero-order valence-electron chi connectivity index (χ0n) is 15.2. The Morgan fingerprint density at radius 3 is 2.54 bits per heavy atom. The molecule has 0 aliphatic carbocycles. The highest BCUT2D eigenvalue weighted by atomic mass is 16.6. The Morgan fingerprint density at radius 2 is 1.92 bits per heavy atom. The number of hydrogen-bond donors (Lipinski definition) is 1. The smallest absolute Gasteiger partial charge is 0.274 e. The van der Waals surface area contributed by atoms with E-state index in [-0.39, 0.29) is 18.1 Å². The van der Waals surface area contributed by atoms with Gasteiger partial charge in [-0.2, -0.15) is 0 Å². The maximum atomic E-state index is 12.2. The number of nitro groups is 1. The molecule has 2 rings (SSSR count). The molecule has 0 radical (unpaired) electrons. The summed E-state index contributed by atoms with van der Waals surface area (Å²) in [5.74, 6) is 0.597. The summed E-state index contributed by atoms with van der Waals surface area (Å²) in [7, 11) is 1.84. The lowest BCUT2D eigenvalue weighted by Gasteiger charge is -2.17. The van der Waals surface area contributed by atoms with Crippen molar-refractivity contribution in [2.45, 2.75) is 20.4 Å². The van der Waals surface area contributed by atoms with Crippen LogP contribution < -0.4 is 10.1 Å². The minimum Gasteiger partial charge on any atom is -0.494 e. The minimum atomic E-state index is -0.455. The van der Waals surface area contributed by atoms with E-state index in [0.29, 0.717) is 24.4 Å². The van der Waals surface area contributed by atoms with Crippen molar-refractivity contribution < 1.29 is 14.5 Å². The van der Waals surface area contributed by atoms with Crippen LogP contribution in [0.25, 0.3) is 0 Å². The molecule has 0 saturated carbocycles. The first-order valence-corrected chi connectivity index (χ1v) is 8.34. The highest BCUT2D eigenvalue weighted by Gasteiger charge is 2.15. The van der Waals surface area contributed by atoms with Crippen molar-refractivity contribution in [1.82, 2.24) is 4.90 Å². The number of likely N-dealkylation sites (N-methyl/N-ethyl adjacent to an activating group) is 1. The highest BCUT2D eigenvalue weighted by molar-refractivity contribution is 5.93. The van der Waals surface area contributed by atoms with Crippen molar-refractivity contribution in [3.05, 3.63) is 63.7 Å². The minimum absolute atomic E-state index is 0.00876. The van der Waals surface area contributed by atoms with Crippen molar-refractivity contribution in [3.63, 3.8) is 0 Å². The maximum Gasteiger partial charge on any atom is 0.274 e. The number of anilines is 1. The van der Waals surface area contributed by atoms with E-state index in [0.717, 1.165) is 11.3 Å². The van der Waals surface area contributed by atoms with Crippen LogP contribution in [0.3, 0.4) is 0 Å². The molecule has 0 bridgehead atoms. The molecule has 0 aromatic heterocycles. The fraction of sp³-hybridized carbons (Fsp3) is 0.316. The van der Waals surface area contributed by atoms with Gasteiger partial charge in [-0.15, -0.1) is 0 Å². The van der Waals surface area contributed by atoms with Gasteiger partial charge in [-0.25, -0.2) is 0 Å². The van der Waals surface area contributed by atoms with Crippen LogP contribution in [0.4, 0.5) is 11.4 Å². The van der Waals surface area contributed by atoms with Gasteiger partial charge in [0.2, 0.25) is 5.91 Å². The summed E-state index contributed by atoms with van der Waals surface area (Å²) in [6.07, 6.45) is 0. The molecular weight excluding hydrogens is 334 g/mol. The third kappa shape index (κ3) is 5.29.